The van der Waals surface area contributed by atoms with Gasteiger partial charge in [-0.2, -0.15) is 0 Å². The van der Waals surface area contributed by atoms with Crippen molar-refractivity contribution in [3.63, 3.8) is 0 Å². The fourth-order valence-corrected chi connectivity index (χ4v) is 9.41. The third kappa shape index (κ3) is 5.28. The molecule has 0 aliphatic carbocycles. The number of esters is 1. The van der Waals surface area contributed by atoms with Crippen LogP contribution < -0.4 is 10.4 Å². The van der Waals surface area contributed by atoms with Gasteiger partial charge in [0.25, 0.3) is 8.32 Å². The van der Waals surface area contributed by atoms with Crippen LogP contribution >= 0.6 is 0 Å². The summed E-state index contributed by atoms with van der Waals surface area (Å²) in [5.41, 5.74) is 0. The average molecular weight is 441 g/mol. The lowest BCUT2D eigenvalue weighted by Crippen LogP contribution is -2.67. The summed E-state index contributed by atoms with van der Waals surface area (Å²) in [4.78, 5) is 11.5. The summed E-state index contributed by atoms with van der Waals surface area (Å²) in [6.45, 7) is 10.9. The summed E-state index contributed by atoms with van der Waals surface area (Å²) in [6.07, 6.45) is 2.29. The highest BCUT2D eigenvalue weighted by molar-refractivity contribution is 6.99. The first-order valence-electron chi connectivity index (χ1n) is 11.4. The van der Waals surface area contributed by atoms with E-state index in [0.29, 0.717) is 12.5 Å². The molecule has 5 heteroatoms. The van der Waals surface area contributed by atoms with Crippen LogP contribution in [-0.2, 0) is 18.7 Å². The van der Waals surface area contributed by atoms with Crippen molar-refractivity contribution in [3.05, 3.63) is 60.7 Å². The fraction of sp³-hybridized carbons (Fsp3) is 0.500. The molecule has 0 radical (unpaired) electrons. The van der Waals surface area contributed by atoms with E-state index >= 15 is 0 Å². The standard InChI is InChI=1S/C26H36O4Si/c1-6-13-21-18-25(29-20(2)27)30-24(21)19-28-31(26(3,4)5,22-14-9-7-10-15-22)23-16-11-8-12-17-23/h7-12,14-17,21,24-25H,6,13,18-19H2,1-5H3/t21-,24+,25+/m0/s1. The number of benzene rings is 2. The Morgan fingerprint density at radius 2 is 1.58 bits per heavy atom. The zero-order valence-electron chi connectivity index (χ0n) is 19.5. The van der Waals surface area contributed by atoms with Crippen LogP contribution in [0.4, 0.5) is 0 Å². The van der Waals surface area contributed by atoms with Crippen LogP contribution in [0.15, 0.2) is 60.7 Å². The molecule has 0 aromatic heterocycles. The van der Waals surface area contributed by atoms with Gasteiger partial charge in [-0.15, -0.1) is 0 Å². The van der Waals surface area contributed by atoms with Gasteiger partial charge in [0.05, 0.1) is 12.7 Å². The Bertz CT molecular complexity index is 792. The molecule has 0 saturated carbocycles. The van der Waals surface area contributed by atoms with Gasteiger partial charge in [0, 0.05) is 13.3 Å². The fourth-order valence-electron chi connectivity index (χ4n) is 4.84. The number of rotatable bonds is 8. The number of ether oxygens (including phenoxy) is 2. The van der Waals surface area contributed by atoms with Crippen LogP contribution in [0.2, 0.25) is 5.04 Å². The molecule has 1 saturated heterocycles. The molecule has 1 aliphatic heterocycles. The number of hydrogen-bond acceptors (Lipinski definition) is 4. The van der Waals surface area contributed by atoms with E-state index < -0.39 is 14.6 Å². The number of hydrogen-bond donors (Lipinski definition) is 0. The maximum absolute atomic E-state index is 11.5. The topological polar surface area (TPSA) is 44.8 Å². The molecule has 3 atom stereocenters. The van der Waals surface area contributed by atoms with E-state index in [4.69, 9.17) is 13.9 Å². The van der Waals surface area contributed by atoms with Gasteiger partial charge in [0.1, 0.15) is 0 Å². The molecule has 31 heavy (non-hydrogen) atoms. The molecule has 1 heterocycles. The predicted octanol–water partition coefficient (Wildman–Crippen LogP) is 4.66. The zero-order chi connectivity index (χ0) is 22.5. The van der Waals surface area contributed by atoms with Crippen molar-refractivity contribution in [2.45, 2.75) is 71.3 Å². The molecular formula is C26H36O4Si. The Hall–Kier alpha value is -1.95. The van der Waals surface area contributed by atoms with Gasteiger partial charge >= 0.3 is 5.97 Å². The van der Waals surface area contributed by atoms with Crippen LogP contribution in [0.5, 0.6) is 0 Å². The Labute approximate surface area is 188 Å². The van der Waals surface area contributed by atoms with Crippen LogP contribution in [-0.4, -0.2) is 33.3 Å². The number of carbonyl (C=O) groups is 1. The van der Waals surface area contributed by atoms with E-state index in [1.807, 2.05) is 0 Å². The van der Waals surface area contributed by atoms with Crippen LogP contribution in [0.3, 0.4) is 0 Å². The van der Waals surface area contributed by atoms with Crippen molar-refractivity contribution in [1.82, 2.24) is 0 Å². The van der Waals surface area contributed by atoms with Gasteiger partial charge in [0.15, 0.2) is 0 Å². The molecule has 4 nitrogen and oxygen atoms in total. The van der Waals surface area contributed by atoms with Crippen LogP contribution in [0.25, 0.3) is 0 Å². The van der Waals surface area contributed by atoms with Crippen molar-refractivity contribution in [1.29, 1.82) is 0 Å². The first-order valence-corrected chi connectivity index (χ1v) is 13.3. The summed E-state index contributed by atoms with van der Waals surface area (Å²) in [5.74, 6) is 0.0290. The molecule has 0 bridgehead atoms. The van der Waals surface area contributed by atoms with E-state index in [2.05, 4.69) is 88.4 Å². The van der Waals surface area contributed by atoms with Crippen molar-refractivity contribution >= 4 is 24.7 Å². The highest BCUT2D eigenvalue weighted by Crippen LogP contribution is 2.38. The highest BCUT2D eigenvalue weighted by atomic mass is 28.4. The van der Waals surface area contributed by atoms with Crippen molar-refractivity contribution in [2.75, 3.05) is 6.61 Å². The summed E-state index contributed by atoms with van der Waals surface area (Å²) < 4.78 is 18.6. The summed E-state index contributed by atoms with van der Waals surface area (Å²) in [6, 6.07) is 21.3. The normalized spacial score (nSPS) is 21.8. The Balaban J connectivity index is 1.95. The van der Waals surface area contributed by atoms with Gasteiger partial charge in [0.2, 0.25) is 6.29 Å². The molecule has 168 valence electrons. The van der Waals surface area contributed by atoms with E-state index in [9.17, 15) is 4.79 Å². The van der Waals surface area contributed by atoms with Crippen molar-refractivity contribution < 1.29 is 18.7 Å². The molecule has 3 rings (SSSR count). The smallest absolute Gasteiger partial charge is 0.304 e. The molecular weight excluding hydrogens is 404 g/mol. The zero-order valence-corrected chi connectivity index (χ0v) is 20.5. The number of carbonyl (C=O) groups excluding carboxylic acids is 1. The second-order valence-electron chi connectivity index (χ2n) is 9.47. The lowest BCUT2D eigenvalue weighted by atomic mass is 9.96. The van der Waals surface area contributed by atoms with Crippen LogP contribution in [0.1, 0.15) is 53.9 Å². The SMILES string of the molecule is CCC[C@H]1C[C@H](OC(C)=O)O[C@@H]1CO[Si](c1ccccc1)(c1ccccc1)C(C)(C)C. The maximum Gasteiger partial charge on any atom is 0.304 e. The quantitative estimate of drug-likeness (QED) is 0.442. The van der Waals surface area contributed by atoms with Gasteiger partial charge < -0.3 is 13.9 Å². The van der Waals surface area contributed by atoms with Gasteiger partial charge in [-0.1, -0.05) is 94.8 Å². The molecule has 1 fully saturated rings. The van der Waals surface area contributed by atoms with Gasteiger partial charge in [-0.3, -0.25) is 4.79 Å². The molecule has 0 N–H and O–H groups in total. The minimum atomic E-state index is -2.61. The Morgan fingerprint density at radius 3 is 2.03 bits per heavy atom. The summed E-state index contributed by atoms with van der Waals surface area (Å²) in [7, 11) is -2.61. The van der Waals surface area contributed by atoms with E-state index in [1.165, 1.54) is 17.3 Å². The van der Waals surface area contributed by atoms with Crippen molar-refractivity contribution in [2.24, 2.45) is 5.92 Å². The van der Waals surface area contributed by atoms with Gasteiger partial charge in [-0.25, -0.2) is 0 Å². The highest BCUT2D eigenvalue weighted by Gasteiger charge is 2.51. The second-order valence-corrected chi connectivity index (χ2v) is 13.8. The Kier molecular flexibility index (Phi) is 7.73. The first kappa shape index (κ1) is 23.7. The first-order chi connectivity index (χ1) is 14.8. The third-order valence-corrected chi connectivity index (χ3v) is 11.2. The van der Waals surface area contributed by atoms with E-state index in [0.717, 1.165) is 19.3 Å². The summed E-state index contributed by atoms with van der Waals surface area (Å²) >= 11 is 0. The average Bonchev–Trinajstić information content (AvgIpc) is 3.10. The predicted molar refractivity (Wildman–Crippen MR) is 127 cm³/mol. The maximum atomic E-state index is 11.5. The third-order valence-electron chi connectivity index (χ3n) is 6.19. The Morgan fingerprint density at radius 1 is 1.03 bits per heavy atom. The lowest BCUT2D eigenvalue weighted by Gasteiger charge is -2.43. The monoisotopic (exact) mass is 440 g/mol. The largest absolute Gasteiger partial charge is 0.436 e. The van der Waals surface area contributed by atoms with E-state index in [-0.39, 0.29) is 17.1 Å². The molecule has 1 aliphatic rings. The lowest BCUT2D eigenvalue weighted by molar-refractivity contribution is -0.174. The van der Waals surface area contributed by atoms with Gasteiger partial charge in [-0.05, 0) is 27.8 Å². The summed E-state index contributed by atoms with van der Waals surface area (Å²) in [5, 5.41) is 2.44. The molecule has 0 unspecified atom stereocenters. The molecule has 2 aromatic carbocycles. The minimum Gasteiger partial charge on any atom is -0.436 e. The minimum absolute atomic E-state index is 0.0778. The van der Waals surface area contributed by atoms with Crippen molar-refractivity contribution in [3.8, 4) is 0 Å². The van der Waals surface area contributed by atoms with Crippen LogP contribution in [0, 0.1) is 5.92 Å². The second kappa shape index (κ2) is 10.1. The molecule has 0 spiro atoms. The molecule has 0 amide bonds. The molecule has 2 aromatic rings. The van der Waals surface area contributed by atoms with E-state index in [1.54, 1.807) is 0 Å².